The van der Waals surface area contributed by atoms with E-state index in [-0.39, 0.29) is 17.9 Å². The first-order valence-corrected chi connectivity index (χ1v) is 9.21. The van der Waals surface area contributed by atoms with Crippen LogP contribution in [0.15, 0.2) is 6.20 Å². The minimum absolute atomic E-state index is 0.0482. The fourth-order valence-electron chi connectivity index (χ4n) is 3.54. The van der Waals surface area contributed by atoms with Gasteiger partial charge in [0.25, 0.3) is 0 Å². The predicted molar refractivity (Wildman–Crippen MR) is 91.6 cm³/mol. The van der Waals surface area contributed by atoms with Crippen molar-refractivity contribution >= 4 is 22.4 Å². The van der Waals surface area contributed by atoms with Crippen molar-refractivity contribution in [2.24, 2.45) is 5.92 Å². The second-order valence-corrected chi connectivity index (χ2v) is 7.60. The second kappa shape index (κ2) is 7.70. The van der Waals surface area contributed by atoms with Crippen molar-refractivity contribution in [3.63, 3.8) is 0 Å². The van der Waals surface area contributed by atoms with Gasteiger partial charge in [0, 0.05) is 36.8 Å². The Balaban J connectivity index is 1.54. The van der Waals surface area contributed by atoms with E-state index in [0.29, 0.717) is 11.2 Å². The van der Waals surface area contributed by atoms with E-state index < -0.39 is 0 Å². The Kier molecular flexibility index (Phi) is 5.63. The van der Waals surface area contributed by atoms with Crippen LogP contribution >= 0.6 is 11.3 Å². The summed E-state index contributed by atoms with van der Waals surface area (Å²) in [5, 5.41) is 7.01. The lowest BCUT2D eigenvalue weighted by Crippen LogP contribution is -2.32. The maximum Gasteiger partial charge on any atom is 0.230 e. The summed E-state index contributed by atoms with van der Waals surface area (Å²) in [4.78, 5) is 20.3. The summed E-state index contributed by atoms with van der Waals surface area (Å²) >= 11 is 1.58. The Labute approximate surface area is 141 Å². The number of aromatic nitrogens is 1. The number of amides is 1. The van der Waals surface area contributed by atoms with Gasteiger partial charge >= 0.3 is 0 Å². The summed E-state index contributed by atoms with van der Waals surface area (Å²) in [6, 6.07) is 0.749. The molecule has 2 saturated heterocycles. The molecule has 3 rings (SSSR count). The number of carbonyl (C=O) groups is 1. The minimum Gasteiger partial charge on any atom is -0.383 e. The summed E-state index contributed by atoms with van der Waals surface area (Å²) in [7, 11) is 1.76. The highest BCUT2D eigenvalue weighted by atomic mass is 32.1. The summed E-state index contributed by atoms with van der Waals surface area (Å²) in [5.41, 5.74) is 0. The number of ether oxygens (including phenoxy) is 1. The van der Waals surface area contributed by atoms with Gasteiger partial charge in [0.15, 0.2) is 5.13 Å². The van der Waals surface area contributed by atoms with Gasteiger partial charge in [-0.1, -0.05) is 0 Å². The maximum absolute atomic E-state index is 12.3. The molecule has 0 bridgehead atoms. The molecule has 0 aliphatic carbocycles. The topological polar surface area (TPSA) is 66.5 Å². The number of nitrogens with one attached hydrogen (secondary N) is 2. The van der Waals surface area contributed by atoms with E-state index in [4.69, 9.17) is 4.74 Å². The van der Waals surface area contributed by atoms with Crippen molar-refractivity contribution in [2.45, 2.75) is 44.8 Å². The van der Waals surface area contributed by atoms with Crippen molar-refractivity contribution in [3.8, 4) is 0 Å². The lowest BCUT2D eigenvalue weighted by atomic mass is 10.0. The van der Waals surface area contributed by atoms with Gasteiger partial charge in [-0.05, 0) is 39.3 Å². The predicted octanol–water partition coefficient (Wildman–Crippen LogP) is 1.69. The Morgan fingerprint density at radius 3 is 3.17 bits per heavy atom. The smallest absolute Gasteiger partial charge is 0.230 e. The largest absolute Gasteiger partial charge is 0.383 e. The molecule has 2 N–H and O–H groups in total. The van der Waals surface area contributed by atoms with E-state index in [1.54, 1.807) is 18.4 Å². The van der Waals surface area contributed by atoms with Crippen LogP contribution < -0.4 is 10.6 Å². The van der Waals surface area contributed by atoms with Crippen LogP contribution in [0.3, 0.4) is 0 Å². The molecule has 3 atom stereocenters. The minimum atomic E-state index is 0.0482. The highest BCUT2D eigenvalue weighted by Gasteiger charge is 2.30. The van der Waals surface area contributed by atoms with Gasteiger partial charge in [-0.15, -0.1) is 11.3 Å². The number of hydrogen-bond acceptors (Lipinski definition) is 6. The maximum atomic E-state index is 12.3. The van der Waals surface area contributed by atoms with Crippen molar-refractivity contribution in [1.29, 1.82) is 0 Å². The third kappa shape index (κ3) is 4.09. The molecular formula is C16H26N4O2S. The molecule has 0 unspecified atom stereocenters. The van der Waals surface area contributed by atoms with Gasteiger partial charge in [0.2, 0.25) is 5.91 Å². The fourth-order valence-corrected chi connectivity index (χ4v) is 4.38. The van der Waals surface area contributed by atoms with Crippen LogP contribution in [0.5, 0.6) is 0 Å². The Morgan fingerprint density at radius 1 is 1.57 bits per heavy atom. The van der Waals surface area contributed by atoms with Crippen LogP contribution in [0.1, 0.15) is 31.1 Å². The van der Waals surface area contributed by atoms with Gasteiger partial charge in [0.05, 0.1) is 12.5 Å². The van der Waals surface area contributed by atoms with E-state index in [2.05, 4.69) is 27.4 Å². The van der Waals surface area contributed by atoms with Crippen molar-refractivity contribution in [3.05, 3.63) is 11.1 Å². The molecule has 23 heavy (non-hydrogen) atoms. The first-order valence-electron chi connectivity index (χ1n) is 8.39. The first kappa shape index (κ1) is 16.8. The van der Waals surface area contributed by atoms with E-state index in [0.717, 1.165) is 32.7 Å². The number of rotatable bonds is 6. The van der Waals surface area contributed by atoms with Gasteiger partial charge < -0.3 is 15.4 Å². The summed E-state index contributed by atoms with van der Waals surface area (Å²) < 4.78 is 5.30. The third-order valence-corrected chi connectivity index (χ3v) is 5.76. The van der Waals surface area contributed by atoms with Gasteiger partial charge in [-0.25, -0.2) is 4.98 Å². The zero-order valence-corrected chi connectivity index (χ0v) is 14.7. The van der Waals surface area contributed by atoms with E-state index in [1.165, 1.54) is 17.7 Å². The molecule has 128 valence electrons. The number of carbonyl (C=O) groups excluding carboxylic acids is 1. The summed E-state index contributed by atoms with van der Waals surface area (Å²) in [6.45, 7) is 5.77. The van der Waals surface area contributed by atoms with Crippen molar-refractivity contribution < 1.29 is 9.53 Å². The number of methoxy groups -OCH3 is 1. The molecule has 3 heterocycles. The standard InChI is InChI=1S/C16H26N4O2S/c1-11-14(5-6-17-11)15(21)19-16-18-8-13(23-16)9-20-7-3-4-12(20)10-22-2/h8,11-12,14,17H,3-7,9-10H2,1-2H3,(H,18,19,21)/t11-,12+,14-/m0/s1. The molecule has 1 amide bonds. The molecule has 0 radical (unpaired) electrons. The second-order valence-electron chi connectivity index (χ2n) is 6.48. The van der Waals surface area contributed by atoms with E-state index in [9.17, 15) is 4.79 Å². The van der Waals surface area contributed by atoms with Gasteiger partial charge in [0.1, 0.15) is 0 Å². The lowest BCUT2D eigenvalue weighted by molar-refractivity contribution is -0.120. The summed E-state index contributed by atoms with van der Waals surface area (Å²) in [5.74, 6) is 0.133. The summed E-state index contributed by atoms with van der Waals surface area (Å²) in [6.07, 6.45) is 5.21. The van der Waals surface area contributed by atoms with Crippen LogP contribution in [0.2, 0.25) is 0 Å². The third-order valence-electron chi connectivity index (χ3n) is 4.86. The highest BCUT2D eigenvalue weighted by Crippen LogP contribution is 2.26. The van der Waals surface area contributed by atoms with Gasteiger partial charge in [-0.3, -0.25) is 9.69 Å². The van der Waals surface area contributed by atoms with Crippen LogP contribution in [0.4, 0.5) is 5.13 Å². The van der Waals surface area contributed by atoms with Crippen molar-refractivity contribution in [1.82, 2.24) is 15.2 Å². The first-order chi connectivity index (χ1) is 11.2. The number of nitrogens with zero attached hydrogens (tertiary/aromatic N) is 2. The molecule has 1 aromatic heterocycles. The average molecular weight is 338 g/mol. The molecule has 2 aliphatic rings. The molecule has 6 nitrogen and oxygen atoms in total. The molecule has 2 fully saturated rings. The number of anilines is 1. The molecule has 0 aromatic carbocycles. The van der Waals surface area contributed by atoms with E-state index in [1.807, 2.05) is 6.20 Å². The molecule has 0 saturated carbocycles. The van der Waals surface area contributed by atoms with Crippen LogP contribution in [-0.4, -0.2) is 54.7 Å². The molecule has 2 aliphatic heterocycles. The van der Waals surface area contributed by atoms with E-state index >= 15 is 0 Å². The zero-order valence-electron chi connectivity index (χ0n) is 13.9. The van der Waals surface area contributed by atoms with Crippen molar-refractivity contribution in [2.75, 3.05) is 32.1 Å². The SMILES string of the molecule is COC[C@H]1CCCN1Cc1cnc(NC(=O)[C@H]2CCN[C@H]2C)s1. The normalized spacial score (nSPS) is 28.3. The zero-order chi connectivity index (χ0) is 16.2. The quantitative estimate of drug-likeness (QED) is 0.826. The molecular weight excluding hydrogens is 312 g/mol. The highest BCUT2D eigenvalue weighted by molar-refractivity contribution is 7.15. The lowest BCUT2D eigenvalue weighted by Gasteiger charge is -2.22. The average Bonchev–Trinajstić information content (AvgIpc) is 3.23. The Morgan fingerprint density at radius 2 is 2.43 bits per heavy atom. The molecule has 1 aromatic rings. The number of likely N-dealkylation sites (tertiary alicyclic amines) is 1. The van der Waals surface area contributed by atoms with Gasteiger partial charge in [-0.2, -0.15) is 0 Å². The van der Waals surface area contributed by atoms with Crippen LogP contribution in [-0.2, 0) is 16.1 Å². The van der Waals surface area contributed by atoms with Crippen LogP contribution in [0, 0.1) is 5.92 Å². The number of thiazole rings is 1. The monoisotopic (exact) mass is 338 g/mol. The molecule has 0 spiro atoms. The molecule has 7 heteroatoms. The number of hydrogen-bond donors (Lipinski definition) is 2. The Bertz CT molecular complexity index is 536. The Hall–Kier alpha value is -1.02. The van der Waals surface area contributed by atoms with Crippen LogP contribution in [0.25, 0.3) is 0 Å². The fraction of sp³-hybridized carbons (Fsp3) is 0.750.